The monoisotopic (exact) mass is 301 g/mol. The lowest BCUT2D eigenvalue weighted by molar-refractivity contribution is -0.0227. The molecule has 102 valence electrons. The number of aromatic nitrogens is 1. The summed E-state index contributed by atoms with van der Waals surface area (Å²) < 4.78 is 6.33. The Kier molecular flexibility index (Phi) is 3.46. The molecule has 3 rings (SSSR count). The molecule has 3 N–H and O–H groups in total. The van der Waals surface area contributed by atoms with Gasteiger partial charge in [0, 0.05) is 5.02 Å². The number of aliphatic hydroxyl groups excluding tert-OH is 3. The van der Waals surface area contributed by atoms with E-state index in [0.29, 0.717) is 10.0 Å². The van der Waals surface area contributed by atoms with Crippen LogP contribution in [0, 0.1) is 0 Å². The van der Waals surface area contributed by atoms with E-state index in [1.807, 2.05) is 0 Å². The Morgan fingerprint density at radius 3 is 2.79 bits per heavy atom. The average Bonchev–Trinajstić information content (AvgIpc) is 2.92. The summed E-state index contributed by atoms with van der Waals surface area (Å²) in [6.45, 7) is -0.342. The maximum absolute atomic E-state index is 9.95. The van der Waals surface area contributed by atoms with E-state index in [1.54, 1.807) is 18.2 Å². The van der Waals surface area contributed by atoms with Gasteiger partial charge in [0.25, 0.3) is 0 Å². The van der Waals surface area contributed by atoms with E-state index in [4.69, 9.17) is 21.4 Å². The van der Waals surface area contributed by atoms with Crippen molar-refractivity contribution in [1.82, 2.24) is 4.98 Å². The lowest BCUT2D eigenvalue weighted by Gasteiger charge is -2.11. The van der Waals surface area contributed by atoms with E-state index >= 15 is 0 Å². The minimum absolute atomic E-state index is 0.342. The molecule has 1 aromatic heterocycles. The topological polar surface area (TPSA) is 82.8 Å². The Morgan fingerprint density at radius 1 is 1.32 bits per heavy atom. The zero-order valence-corrected chi connectivity index (χ0v) is 11.3. The van der Waals surface area contributed by atoms with Crippen LogP contribution in [0.25, 0.3) is 10.2 Å². The first kappa shape index (κ1) is 13.2. The van der Waals surface area contributed by atoms with Crippen molar-refractivity contribution in [3.8, 4) is 0 Å². The van der Waals surface area contributed by atoms with Gasteiger partial charge in [0.2, 0.25) is 0 Å². The highest BCUT2D eigenvalue weighted by Crippen LogP contribution is 2.37. The summed E-state index contributed by atoms with van der Waals surface area (Å²) in [6.07, 6.45) is -3.70. The Balaban J connectivity index is 1.96. The number of thiazole rings is 1. The molecule has 7 heteroatoms. The molecule has 0 aliphatic carbocycles. The predicted molar refractivity (Wildman–Crippen MR) is 71.3 cm³/mol. The fourth-order valence-electron chi connectivity index (χ4n) is 2.14. The summed E-state index contributed by atoms with van der Waals surface area (Å²) in [5, 5.41) is 29.9. The molecule has 19 heavy (non-hydrogen) atoms. The van der Waals surface area contributed by atoms with E-state index in [0.717, 1.165) is 10.2 Å². The van der Waals surface area contributed by atoms with Gasteiger partial charge in [0.15, 0.2) is 0 Å². The molecule has 0 amide bonds. The molecule has 0 spiro atoms. The van der Waals surface area contributed by atoms with Crippen LogP contribution in [0.4, 0.5) is 0 Å². The van der Waals surface area contributed by atoms with Crippen molar-refractivity contribution in [2.75, 3.05) is 6.61 Å². The van der Waals surface area contributed by atoms with Gasteiger partial charge in [-0.2, -0.15) is 0 Å². The first-order valence-corrected chi connectivity index (χ1v) is 6.98. The molecule has 4 atom stereocenters. The van der Waals surface area contributed by atoms with Crippen molar-refractivity contribution in [2.45, 2.75) is 24.4 Å². The van der Waals surface area contributed by atoms with Crippen LogP contribution >= 0.6 is 22.9 Å². The molecule has 0 radical (unpaired) electrons. The molecule has 5 nitrogen and oxygen atoms in total. The van der Waals surface area contributed by atoms with Gasteiger partial charge in [-0.3, -0.25) is 0 Å². The largest absolute Gasteiger partial charge is 0.394 e. The number of halogens is 1. The Hall–Kier alpha value is -0.760. The van der Waals surface area contributed by atoms with Crippen LogP contribution in [0.3, 0.4) is 0 Å². The number of fused-ring (bicyclic) bond motifs is 1. The van der Waals surface area contributed by atoms with E-state index in [9.17, 15) is 10.2 Å². The molecular formula is C12H12ClNO4S. The van der Waals surface area contributed by atoms with Crippen molar-refractivity contribution < 1.29 is 20.1 Å². The third-order valence-corrected chi connectivity index (χ3v) is 4.47. The summed E-state index contributed by atoms with van der Waals surface area (Å²) in [5.74, 6) is 0. The van der Waals surface area contributed by atoms with Crippen molar-refractivity contribution in [3.63, 3.8) is 0 Å². The van der Waals surface area contributed by atoms with Gasteiger partial charge < -0.3 is 20.1 Å². The van der Waals surface area contributed by atoms with Gasteiger partial charge in [0.1, 0.15) is 29.4 Å². The zero-order chi connectivity index (χ0) is 13.6. The quantitative estimate of drug-likeness (QED) is 0.774. The minimum Gasteiger partial charge on any atom is -0.394 e. The van der Waals surface area contributed by atoms with Crippen LogP contribution in [-0.2, 0) is 4.74 Å². The Morgan fingerprint density at radius 2 is 2.11 bits per heavy atom. The number of hydrogen-bond donors (Lipinski definition) is 3. The Labute approximate surface area is 118 Å². The SMILES string of the molecule is OC[C@H]1O[C@@H](c2nc3ccc(Cl)cc3s2)[C@H](O)[C@@H]1O. The second-order valence-electron chi connectivity index (χ2n) is 4.42. The van der Waals surface area contributed by atoms with Crippen molar-refractivity contribution in [3.05, 3.63) is 28.2 Å². The van der Waals surface area contributed by atoms with E-state index in [2.05, 4.69) is 4.98 Å². The minimum atomic E-state index is -1.11. The smallest absolute Gasteiger partial charge is 0.138 e. The second-order valence-corrected chi connectivity index (χ2v) is 5.92. The van der Waals surface area contributed by atoms with Crippen LogP contribution < -0.4 is 0 Å². The summed E-state index contributed by atoms with van der Waals surface area (Å²) >= 11 is 7.26. The summed E-state index contributed by atoms with van der Waals surface area (Å²) in [7, 11) is 0. The first-order chi connectivity index (χ1) is 9.10. The maximum Gasteiger partial charge on any atom is 0.138 e. The normalized spacial score (nSPS) is 31.2. The molecule has 1 aliphatic rings. The number of benzene rings is 1. The number of hydrogen-bond acceptors (Lipinski definition) is 6. The van der Waals surface area contributed by atoms with Crippen LogP contribution in [0.1, 0.15) is 11.1 Å². The second kappa shape index (κ2) is 4.97. The first-order valence-electron chi connectivity index (χ1n) is 5.78. The standard InChI is InChI=1S/C12H12ClNO4S/c13-5-1-2-6-8(3-5)19-12(14-6)11-10(17)9(16)7(4-15)18-11/h1-3,7,9-11,15-17H,4H2/t7-,9-,10-,11-/m1/s1. The fraction of sp³-hybridized carbons (Fsp3) is 0.417. The number of aliphatic hydroxyl groups is 3. The molecule has 2 heterocycles. The number of ether oxygens (including phenoxy) is 1. The molecule has 1 fully saturated rings. The highest BCUT2D eigenvalue weighted by atomic mass is 35.5. The van der Waals surface area contributed by atoms with Crippen molar-refractivity contribution in [2.24, 2.45) is 0 Å². The van der Waals surface area contributed by atoms with Gasteiger partial charge in [-0.15, -0.1) is 11.3 Å². The van der Waals surface area contributed by atoms with Gasteiger partial charge in [-0.05, 0) is 18.2 Å². The summed E-state index contributed by atoms with van der Waals surface area (Å²) in [4.78, 5) is 4.37. The molecule has 1 saturated heterocycles. The van der Waals surface area contributed by atoms with Crippen LogP contribution in [-0.4, -0.2) is 45.2 Å². The zero-order valence-electron chi connectivity index (χ0n) is 9.73. The maximum atomic E-state index is 9.95. The van der Waals surface area contributed by atoms with Gasteiger partial charge in [0.05, 0.1) is 16.8 Å². The fourth-order valence-corrected chi connectivity index (χ4v) is 3.46. The van der Waals surface area contributed by atoms with E-state index in [-0.39, 0.29) is 6.61 Å². The summed E-state index contributed by atoms with van der Waals surface area (Å²) in [6, 6.07) is 5.32. The van der Waals surface area contributed by atoms with Gasteiger partial charge >= 0.3 is 0 Å². The van der Waals surface area contributed by atoms with Gasteiger partial charge in [-0.1, -0.05) is 11.6 Å². The summed E-state index contributed by atoms with van der Waals surface area (Å²) in [5.41, 5.74) is 0.766. The number of nitrogens with zero attached hydrogens (tertiary/aromatic N) is 1. The average molecular weight is 302 g/mol. The van der Waals surface area contributed by atoms with E-state index in [1.165, 1.54) is 11.3 Å². The molecular weight excluding hydrogens is 290 g/mol. The van der Waals surface area contributed by atoms with Gasteiger partial charge in [-0.25, -0.2) is 4.98 Å². The highest BCUT2D eigenvalue weighted by molar-refractivity contribution is 7.18. The lowest BCUT2D eigenvalue weighted by atomic mass is 10.1. The molecule has 1 aromatic carbocycles. The van der Waals surface area contributed by atoms with Crippen LogP contribution in [0.5, 0.6) is 0 Å². The van der Waals surface area contributed by atoms with Crippen LogP contribution in [0.15, 0.2) is 18.2 Å². The predicted octanol–water partition coefficient (Wildman–Crippen LogP) is 1.10. The third-order valence-electron chi connectivity index (χ3n) is 3.15. The molecule has 0 unspecified atom stereocenters. The molecule has 2 aromatic rings. The van der Waals surface area contributed by atoms with Crippen LogP contribution in [0.2, 0.25) is 5.02 Å². The third kappa shape index (κ3) is 2.24. The highest BCUT2D eigenvalue weighted by Gasteiger charge is 2.44. The number of rotatable bonds is 2. The Bertz CT molecular complexity index is 604. The lowest BCUT2D eigenvalue weighted by Crippen LogP contribution is -2.32. The van der Waals surface area contributed by atoms with E-state index < -0.39 is 24.4 Å². The molecule has 0 bridgehead atoms. The molecule has 1 aliphatic heterocycles. The van der Waals surface area contributed by atoms with Crippen molar-refractivity contribution in [1.29, 1.82) is 0 Å². The molecule has 0 saturated carbocycles. The van der Waals surface area contributed by atoms with Crippen molar-refractivity contribution >= 4 is 33.2 Å².